The van der Waals surface area contributed by atoms with Crippen LogP contribution in [0.15, 0.2) is 0 Å². The summed E-state index contributed by atoms with van der Waals surface area (Å²) in [5.74, 6) is 0.931. The van der Waals surface area contributed by atoms with Gasteiger partial charge in [-0.05, 0) is 25.7 Å². The molecule has 2 unspecified atom stereocenters. The maximum Gasteiger partial charge on any atom is 0.137 e. The summed E-state index contributed by atoms with van der Waals surface area (Å²) in [7, 11) is 0. The standard InChI is InChI=1S/C9H17NO/c1-7-3-5-10(6-4-7)9-8(2)11-9/h7-9H,3-6H2,1-2H3. The molecule has 11 heavy (non-hydrogen) atoms. The van der Waals surface area contributed by atoms with Gasteiger partial charge in [-0.2, -0.15) is 0 Å². The van der Waals surface area contributed by atoms with Crippen molar-refractivity contribution < 1.29 is 4.74 Å². The van der Waals surface area contributed by atoms with Gasteiger partial charge in [0.1, 0.15) is 6.23 Å². The van der Waals surface area contributed by atoms with E-state index >= 15 is 0 Å². The molecule has 2 rings (SSSR count). The molecule has 2 aliphatic rings. The summed E-state index contributed by atoms with van der Waals surface area (Å²) < 4.78 is 5.42. The third-order valence-electron chi connectivity index (χ3n) is 2.86. The Morgan fingerprint density at radius 2 is 1.73 bits per heavy atom. The first-order chi connectivity index (χ1) is 5.27. The van der Waals surface area contributed by atoms with Gasteiger partial charge in [0.05, 0.1) is 6.10 Å². The molecule has 0 aromatic heterocycles. The fourth-order valence-electron chi connectivity index (χ4n) is 1.84. The predicted octanol–water partition coefficient (Wildman–Crippen LogP) is 1.46. The van der Waals surface area contributed by atoms with Crippen LogP contribution in [0.5, 0.6) is 0 Å². The largest absolute Gasteiger partial charge is 0.353 e. The zero-order valence-corrected chi connectivity index (χ0v) is 7.42. The molecule has 2 fully saturated rings. The van der Waals surface area contributed by atoms with Crippen molar-refractivity contribution in [3.05, 3.63) is 0 Å². The molecule has 0 aromatic rings. The maximum absolute atomic E-state index is 5.42. The second-order valence-electron chi connectivity index (χ2n) is 3.95. The molecule has 2 heterocycles. The Kier molecular flexibility index (Phi) is 1.90. The Morgan fingerprint density at radius 1 is 1.18 bits per heavy atom. The Morgan fingerprint density at radius 3 is 2.18 bits per heavy atom. The summed E-state index contributed by atoms with van der Waals surface area (Å²) in [6.07, 6.45) is 3.69. The van der Waals surface area contributed by atoms with E-state index in [4.69, 9.17) is 4.74 Å². The average Bonchev–Trinajstić information content (AvgIpc) is 2.69. The number of piperidine rings is 1. The number of hydrogen-bond acceptors (Lipinski definition) is 2. The molecule has 2 atom stereocenters. The SMILES string of the molecule is CC1CCN(C2OC2C)CC1. The molecule has 0 amide bonds. The monoisotopic (exact) mass is 155 g/mol. The van der Waals surface area contributed by atoms with E-state index in [0.717, 1.165) is 5.92 Å². The van der Waals surface area contributed by atoms with Crippen LogP contribution in [0.25, 0.3) is 0 Å². The minimum atomic E-state index is 0.475. The van der Waals surface area contributed by atoms with Crippen molar-refractivity contribution in [3.63, 3.8) is 0 Å². The molecule has 2 aliphatic heterocycles. The third-order valence-corrected chi connectivity index (χ3v) is 2.86. The Labute approximate surface area is 68.5 Å². The predicted molar refractivity (Wildman–Crippen MR) is 44.3 cm³/mol. The van der Waals surface area contributed by atoms with Crippen LogP contribution in [0.3, 0.4) is 0 Å². The van der Waals surface area contributed by atoms with Crippen molar-refractivity contribution >= 4 is 0 Å². The second-order valence-corrected chi connectivity index (χ2v) is 3.95. The van der Waals surface area contributed by atoms with Crippen molar-refractivity contribution in [2.75, 3.05) is 13.1 Å². The summed E-state index contributed by atoms with van der Waals surface area (Å²) in [5, 5.41) is 0. The molecule has 64 valence electrons. The van der Waals surface area contributed by atoms with Crippen LogP contribution >= 0.6 is 0 Å². The van der Waals surface area contributed by atoms with Crippen molar-refractivity contribution in [2.45, 2.75) is 39.0 Å². The zero-order chi connectivity index (χ0) is 7.84. The van der Waals surface area contributed by atoms with Gasteiger partial charge in [-0.15, -0.1) is 0 Å². The van der Waals surface area contributed by atoms with Gasteiger partial charge >= 0.3 is 0 Å². The molecular weight excluding hydrogens is 138 g/mol. The summed E-state index contributed by atoms with van der Waals surface area (Å²) in [4.78, 5) is 2.48. The number of rotatable bonds is 1. The molecule has 0 aromatic carbocycles. The van der Waals surface area contributed by atoms with Gasteiger partial charge in [0.2, 0.25) is 0 Å². The topological polar surface area (TPSA) is 15.8 Å². The van der Waals surface area contributed by atoms with Crippen LogP contribution in [0, 0.1) is 5.92 Å². The molecule has 0 spiro atoms. The molecule has 2 heteroatoms. The van der Waals surface area contributed by atoms with E-state index < -0.39 is 0 Å². The first-order valence-corrected chi connectivity index (χ1v) is 4.67. The van der Waals surface area contributed by atoms with Crippen molar-refractivity contribution in [2.24, 2.45) is 5.92 Å². The van der Waals surface area contributed by atoms with Gasteiger partial charge in [0, 0.05) is 13.1 Å². The van der Waals surface area contributed by atoms with E-state index in [-0.39, 0.29) is 0 Å². The first-order valence-electron chi connectivity index (χ1n) is 4.67. The maximum atomic E-state index is 5.42. The number of likely N-dealkylation sites (tertiary alicyclic amines) is 1. The normalized spacial score (nSPS) is 40.9. The van der Waals surface area contributed by atoms with Crippen LogP contribution in [0.4, 0.5) is 0 Å². The van der Waals surface area contributed by atoms with E-state index in [9.17, 15) is 0 Å². The van der Waals surface area contributed by atoms with Gasteiger partial charge in [-0.25, -0.2) is 0 Å². The van der Waals surface area contributed by atoms with E-state index in [1.165, 1.54) is 25.9 Å². The van der Waals surface area contributed by atoms with Gasteiger partial charge < -0.3 is 4.74 Å². The molecule has 0 radical (unpaired) electrons. The summed E-state index contributed by atoms with van der Waals surface area (Å²) in [5.41, 5.74) is 0. The molecule has 0 saturated carbocycles. The van der Waals surface area contributed by atoms with Gasteiger partial charge in [-0.1, -0.05) is 6.92 Å². The summed E-state index contributed by atoms with van der Waals surface area (Å²) in [6, 6.07) is 0. The molecule has 0 aliphatic carbocycles. The number of ether oxygens (including phenoxy) is 1. The van der Waals surface area contributed by atoms with Gasteiger partial charge in [0.25, 0.3) is 0 Å². The smallest absolute Gasteiger partial charge is 0.137 e. The van der Waals surface area contributed by atoms with Crippen LogP contribution in [0.1, 0.15) is 26.7 Å². The Balaban J connectivity index is 1.79. The van der Waals surface area contributed by atoms with Crippen molar-refractivity contribution in [3.8, 4) is 0 Å². The lowest BCUT2D eigenvalue weighted by Crippen LogP contribution is -2.35. The first kappa shape index (κ1) is 7.56. The lowest BCUT2D eigenvalue weighted by Gasteiger charge is -2.28. The lowest BCUT2D eigenvalue weighted by molar-refractivity contribution is 0.128. The van der Waals surface area contributed by atoms with Crippen LogP contribution in [-0.2, 0) is 4.74 Å². The quantitative estimate of drug-likeness (QED) is 0.533. The summed E-state index contributed by atoms with van der Waals surface area (Å²) in [6.45, 7) is 6.99. The Hall–Kier alpha value is -0.0800. The number of hydrogen-bond donors (Lipinski definition) is 0. The van der Waals surface area contributed by atoms with Crippen LogP contribution in [0.2, 0.25) is 0 Å². The minimum absolute atomic E-state index is 0.475. The second kappa shape index (κ2) is 2.76. The zero-order valence-electron chi connectivity index (χ0n) is 7.42. The van der Waals surface area contributed by atoms with Crippen LogP contribution in [-0.4, -0.2) is 30.3 Å². The van der Waals surface area contributed by atoms with E-state index in [1.54, 1.807) is 0 Å². The fourth-order valence-corrected chi connectivity index (χ4v) is 1.84. The van der Waals surface area contributed by atoms with Gasteiger partial charge in [0.15, 0.2) is 0 Å². The highest BCUT2D eigenvalue weighted by molar-refractivity contribution is 4.83. The molecular formula is C9H17NO. The highest BCUT2D eigenvalue weighted by atomic mass is 16.6. The lowest BCUT2D eigenvalue weighted by atomic mass is 9.99. The summed E-state index contributed by atoms with van der Waals surface area (Å²) >= 11 is 0. The number of epoxide rings is 1. The average molecular weight is 155 g/mol. The highest BCUT2D eigenvalue weighted by Gasteiger charge is 2.40. The van der Waals surface area contributed by atoms with Gasteiger partial charge in [-0.3, -0.25) is 4.90 Å². The Bertz CT molecular complexity index is 140. The van der Waals surface area contributed by atoms with Crippen molar-refractivity contribution in [1.82, 2.24) is 4.90 Å². The number of nitrogens with zero attached hydrogens (tertiary/aromatic N) is 1. The highest BCUT2D eigenvalue weighted by Crippen LogP contribution is 2.29. The van der Waals surface area contributed by atoms with Crippen molar-refractivity contribution in [1.29, 1.82) is 0 Å². The van der Waals surface area contributed by atoms with E-state index in [0.29, 0.717) is 12.3 Å². The van der Waals surface area contributed by atoms with E-state index in [2.05, 4.69) is 18.7 Å². The van der Waals surface area contributed by atoms with Crippen LogP contribution < -0.4 is 0 Å². The molecule has 2 nitrogen and oxygen atoms in total. The third kappa shape index (κ3) is 1.57. The minimum Gasteiger partial charge on any atom is -0.353 e. The molecule has 0 bridgehead atoms. The molecule has 0 N–H and O–H groups in total. The molecule has 2 saturated heterocycles. The van der Waals surface area contributed by atoms with E-state index in [1.807, 2.05) is 0 Å². The fraction of sp³-hybridized carbons (Fsp3) is 1.00.